The fourth-order valence-corrected chi connectivity index (χ4v) is 4.57. The second kappa shape index (κ2) is 12.9. The fraction of sp³-hybridized carbons (Fsp3) is 0.708. The minimum atomic E-state index is 0.270. The highest BCUT2D eigenvalue weighted by Gasteiger charge is 2.23. The molecule has 2 N–H and O–H groups in total. The zero-order chi connectivity index (χ0) is 21.9. The maximum Gasteiger partial charge on any atom is 0.191 e. The zero-order valence-corrected chi connectivity index (χ0v) is 19.6. The van der Waals surface area contributed by atoms with E-state index in [2.05, 4.69) is 44.5 Å². The van der Waals surface area contributed by atoms with Crippen LogP contribution in [0.15, 0.2) is 29.3 Å². The summed E-state index contributed by atoms with van der Waals surface area (Å²) in [6, 6.07) is 8.69. The number of nitrogens with zero attached hydrogens (tertiary/aromatic N) is 3. The maximum absolute atomic E-state index is 5.57. The Morgan fingerprint density at radius 1 is 1.13 bits per heavy atom. The van der Waals surface area contributed by atoms with Crippen molar-refractivity contribution in [3.8, 4) is 5.75 Å². The van der Waals surface area contributed by atoms with Gasteiger partial charge >= 0.3 is 0 Å². The molecule has 7 heteroatoms. The van der Waals surface area contributed by atoms with E-state index in [1.54, 1.807) is 7.11 Å². The van der Waals surface area contributed by atoms with Crippen molar-refractivity contribution in [2.75, 3.05) is 73.2 Å². The van der Waals surface area contributed by atoms with Crippen molar-refractivity contribution in [2.24, 2.45) is 10.9 Å². The molecule has 174 valence electrons. The number of likely N-dealkylation sites (tertiary alicyclic amines) is 1. The van der Waals surface area contributed by atoms with Gasteiger partial charge in [0.05, 0.1) is 26.4 Å². The average Bonchev–Trinajstić information content (AvgIpc) is 2.84. The highest BCUT2D eigenvalue weighted by molar-refractivity contribution is 5.79. The number of ether oxygens (including phenoxy) is 2. The van der Waals surface area contributed by atoms with Crippen molar-refractivity contribution in [3.63, 3.8) is 0 Å². The molecule has 1 unspecified atom stereocenters. The van der Waals surface area contributed by atoms with Gasteiger partial charge in [-0.1, -0.05) is 19.1 Å². The molecule has 2 aliphatic rings. The predicted octanol–water partition coefficient (Wildman–Crippen LogP) is 2.36. The van der Waals surface area contributed by atoms with Crippen molar-refractivity contribution < 1.29 is 9.47 Å². The summed E-state index contributed by atoms with van der Waals surface area (Å²) in [5.74, 6) is 2.60. The average molecular weight is 432 g/mol. The number of piperidine rings is 1. The van der Waals surface area contributed by atoms with Crippen LogP contribution in [0.5, 0.6) is 5.75 Å². The third kappa shape index (κ3) is 7.37. The molecule has 1 atom stereocenters. The van der Waals surface area contributed by atoms with Crippen LogP contribution in [-0.2, 0) is 4.74 Å². The molecule has 2 saturated heterocycles. The smallest absolute Gasteiger partial charge is 0.191 e. The van der Waals surface area contributed by atoms with E-state index < -0.39 is 0 Å². The minimum Gasteiger partial charge on any atom is -0.497 e. The number of guanidine groups is 1. The zero-order valence-electron chi connectivity index (χ0n) is 19.6. The molecule has 0 bridgehead atoms. The van der Waals surface area contributed by atoms with Crippen LogP contribution in [0.1, 0.15) is 37.8 Å². The molecule has 1 aromatic carbocycles. The molecule has 0 saturated carbocycles. The Balaban J connectivity index is 1.50. The lowest BCUT2D eigenvalue weighted by atomic mass is 9.93. The first-order chi connectivity index (χ1) is 15.2. The quantitative estimate of drug-likeness (QED) is 0.462. The lowest BCUT2D eigenvalue weighted by molar-refractivity contribution is 0.0170. The van der Waals surface area contributed by atoms with Crippen LogP contribution in [0.2, 0.25) is 0 Å². The van der Waals surface area contributed by atoms with Crippen LogP contribution < -0.4 is 15.4 Å². The van der Waals surface area contributed by atoms with Crippen molar-refractivity contribution in [1.82, 2.24) is 20.4 Å². The van der Waals surface area contributed by atoms with E-state index in [0.717, 1.165) is 57.0 Å². The first-order valence-corrected chi connectivity index (χ1v) is 11.9. The van der Waals surface area contributed by atoms with Crippen LogP contribution in [0.3, 0.4) is 0 Å². The molecule has 2 heterocycles. The van der Waals surface area contributed by atoms with Gasteiger partial charge in [-0.2, -0.15) is 0 Å². The molecule has 0 amide bonds. The predicted molar refractivity (Wildman–Crippen MR) is 127 cm³/mol. The van der Waals surface area contributed by atoms with E-state index in [-0.39, 0.29) is 6.04 Å². The Labute approximate surface area is 188 Å². The molecule has 3 rings (SSSR count). The third-order valence-electron chi connectivity index (χ3n) is 6.67. The lowest BCUT2D eigenvalue weighted by Gasteiger charge is -2.35. The number of hydrogen-bond acceptors (Lipinski definition) is 5. The van der Waals surface area contributed by atoms with Gasteiger partial charge in [0.15, 0.2) is 5.96 Å². The van der Waals surface area contributed by atoms with Crippen LogP contribution in [-0.4, -0.2) is 88.9 Å². The molecule has 31 heavy (non-hydrogen) atoms. The van der Waals surface area contributed by atoms with Crippen molar-refractivity contribution in [1.29, 1.82) is 0 Å². The Morgan fingerprint density at radius 3 is 2.45 bits per heavy atom. The molecule has 2 aliphatic heterocycles. The topological polar surface area (TPSA) is 61.4 Å². The molecule has 0 aromatic heterocycles. The maximum atomic E-state index is 5.57. The van der Waals surface area contributed by atoms with Gasteiger partial charge in [0, 0.05) is 33.2 Å². The number of hydrogen-bond donors (Lipinski definition) is 2. The monoisotopic (exact) mass is 431 g/mol. The molecule has 0 radical (unpaired) electrons. The van der Waals surface area contributed by atoms with Gasteiger partial charge in [-0.3, -0.25) is 9.89 Å². The van der Waals surface area contributed by atoms with Gasteiger partial charge in [-0.05, 0) is 62.5 Å². The van der Waals surface area contributed by atoms with E-state index in [9.17, 15) is 0 Å². The summed E-state index contributed by atoms with van der Waals surface area (Å²) in [5, 5.41) is 7.10. The van der Waals surface area contributed by atoms with Crippen molar-refractivity contribution in [3.05, 3.63) is 29.8 Å². The van der Waals surface area contributed by atoms with Gasteiger partial charge in [-0.15, -0.1) is 0 Å². The van der Waals surface area contributed by atoms with Gasteiger partial charge in [0.2, 0.25) is 0 Å². The summed E-state index contributed by atoms with van der Waals surface area (Å²) in [6.45, 7) is 11.2. The van der Waals surface area contributed by atoms with Crippen molar-refractivity contribution >= 4 is 5.96 Å². The number of nitrogens with one attached hydrogen (secondary N) is 2. The second-order valence-corrected chi connectivity index (χ2v) is 8.48. The van der Waals surface area contributed by atoms with E-state index in [1.807, 2.05) is 19.2 Å². The molecule has 0 spiro atoms. The molecular weight excluding hydrogens is 390 g/mol. The summed E-state index contributed by atoms with van der Waals surface area (Å²) < 4.78 is 10.9. The van der Waals surface area contributed by atoms with E-state index in [1.165, 1.54) is 44.5 Å². The van der Waals surface area contributed by atoms with E-state index in [0.29, 0.717) is 0 Å². The van der Waals surface area contributed by atoms with Crippen LogP contribution in [0, 0.1) is 5.92 Å². The first kappa shape index (κ1) is 23.8. The van der Waals surface area contributed by atoms with Gasteiger partial charge < -0.3 is 25.0 Å². The first-order valence-electron chi connectivity index (χ1n) is 11.9. The van der Waals surface area contributed by atoms with Gasteiger partial charge in [0.25, 0.3) is 0 Å². The summed E-state index contributed by atoms with van der Waals surface area (Å²) in [6.07, 6.45) is 3.85. The number of morpholine rings is 1. The number of aliphatic imine (C=N–C) groups is 1. The Kier molecular flexibility index (Phi) is 9.90. The number of benzene rings is 1. The summed E-state index contributed by atoms with van der Waals surface area (Å²) in [4.78, 5) is 9.50. The van der Waals surface area contributed by atoms with Gasteiger partial charge in [-0.25, -0.2) is 0 Å². The normalized spacial score (nSPS) is 20.4. The number of methoxy groups -OCH3 is 1. The molecule has 2 fully saturated rings. The summed E-state index contributed by atoms with van der Waals surface area (Å²) in [5.41, 5.74) is 1.29. The molecule has 7 nitrogen and oxygen atoms in total. The Morgan fingerprint density at radius 2 is 1.84 bits per heavy atom. The third-order valence-corrected chi connectivity index (χ3v) is 6.67. The van der Waals surface area contributed by atoms with Crippen LogP contribution in [0.4, 0.5) is 0 Å². The fourth-order valence-electron chi connectivity index (χ4n) is 4.57. The Hall–Kier alpha value is -1.83. The second-order valence-electron chi connectivity index (χ2n) is 8.48. The van der Waals surface area contributed by atoms with E-state index >= 15 is 0 Å². The highest BCUT2D eigenvalue weighted by atomic mass is 16.5. The standard InChI is InChI=1S/C24H41N5O2/c1-4-28-13-10-20(11-14-28)9-12-26-24(25-2)27-19-23(29-15-17-31-18-16-29)21-5-7-22(30-3)8-6-21/h5-8,20,23H,4,9-19H2,1-3H3,(H2,25,26,27). The molecular formula is C24H41N5O2. The highest BCUT2D eigenvalue weighted by Crippen LogP contribution is 2.24. The molecule has 1 aromatic rings. The Bertz CT molecular complexity index is 652. The van der Waals surface area contributed by atoms with Crippen LogP contribution in [0.25, 0.3) is 0 Å². The minimum absolute atomic E-state index is 0.270. The largest absolute Gasteiger partial charge is 0.497 e. The molecule has 0 aliphatic carbocycles. The van der Waals surface area contributed by atoms with E-state index in [4.69, 9.17) is 9.47 Å². The lowest BCUT2D eigenvalue weighted by Crippen LogP contribution is -2.46. The SMILES string of the molecule is CCN1CCC(CCNC(=NC)NCC(c2ccc(OC)cc2)N2CCOCC2)CC1. The van der Waals surface area contributed by atoms with Crippen molar-refractivity contribution in [2.45, 2.75) is 32.2 Å². The van der Waals surface area contributed by atoms with Crippen LogP contribution >= 0.6 is 0 Å². The summed E-state index contributed by atoms with van der Waals surface area (Å²) in [7, 11) is 3.56. The number of rotatable bonds is 9. The summed E-state index contributed by atoms with van der Waals surface area (Å²) >= 11 is 0. The van der Waals surface area contributed by atoms with Gasteiger partial charge in [0.1, 0.15) is 5.75 Å².